The fraction of sp³-hybridized carbons (Fsp3) is 0.269. The average molecular weight is 465 g/mol. The molecular weight excluding hydrogens is 436 g/mol. The molecule has 1 aliphatic rings. The molecule has 0 saturated carbocycles. The Morgan fingerprint density at radius 1 is 0.939 bits per heavy atom. The van der Waals surface area contributed by atoms with Gasteiger partial charge in [-0.05, 0) is 67.4 Å². The minimum absolute atomic E-state index is 0.0900. The third kappa shape index (κ3) is 5.73. The Hall–Kier alpha value is -3.32. The molecule has 1 heterocycles. The van der Waals surface area contributed by atoms with Crippen LogP contribution in [0, 0.1) is 0 Å². The highest BCUT2D eigenvalue weighted by Crippen LogP contribution is 2.24. The molecule has 172 valence electrons. The van der Waals surface area contributed by atoms with Crippen LogP contribution in [0.5, 0.6) is 11.5 Å². The molecule has 0 atom stereocenters. The van der Waals surface area contributed by atoms with Gasteiger partial charge in [-0.2, -0.15) is 0 Å². The van der Waals surface area contributed by atoms with Gasteiger partial charge in [-0.25, -0.2) is 8.42 Å². The second-order valence-electron chi connectivity index (χ2n) is 8.08. The van der Waals surface area contributed by atoms with Crippen molar-refractivity contribution >= 4 is 21.4 Å². The number of amides is 1. The molecule has 1 fully saturated rings. The lowest BCUT2D eigenvalue weighted by atomic mass is 10.0. The summed E-state index contributed by atoms with van der Waals surface area (Å²) < 4.78 is 29.8. The van der Waals surface area contributed by atoms with Crippen molar-refractivity contribution in [3.63, 3.8) is 0 Å². The van der Waals surface area contributed by atoms with Crippen LogP contribution in [-0.4, -0.2) is 39.2 Å². The summed E-state index contributed by atoms with van der Waals surface area (Å²) in [6, 6.07) is 23.8. The third-order valence-electron chi connectivity index (χ3n) is 5.85. The fourth-order valence-electron chi connectivity index (χ4n) is 3.91. The zero-order valence-electron chi connectivity index (χ0n) is 18.6. The van der Waals surface area contributed by atoms with E-state index in [9.17, 15) is 13.2 Å². The van der Waals surface area contributed by atoms with Crippen molar-refractivity contribution in [1.29, 1.82) is 0 Å². The van der Waals surface area contributed by atoms with E-state index in [1.165, 1.54) is 0 Å². The smallest absolute Gasteiger partial charge is 0.251 e. The molecule has 0 spiro atoms. The zero-order chi connectivity index (χ0) is 23.3. The maximum absolute atomic E-state index is 12.8. The van der Waals surface area contributed by atoms with Crippen molar-refractivity contribution in [2.75, 3.05) is 23.7 Å². The monoisotopic (exact) mass is 464 g/mol. The van der Waals surface area contributed by atoms with Crippen LogP contribution in [0.2, 0.25) is 0 Å². The summed E-state index contributed by atoms with van der Waals surface area (Å²) in [6.07, 6.45) is 1.64. The Kier molecular flexibility index (Phi) is 6.99. The van der Waals surface area contributed by atoms with E-state index in [2.05, 4.69) is 10.2 Å². The number of nitrogens with one attached hydrogen (secondary N) is 1. The number of carbonyl (C=O) groups is 1. The molecule has 3 aromatic carbocycles. The first kappa shape index (κ1) is 22.9. The molecule has 1 aliphatic heterocycles. The predicted molar refractivity (Wildman–Crippen MR) is 130 cm³/mol. The Morgan fingerprint density at radius 3 is 2.27 bits per heavy atom. The third-order valence-corrected chi connectivity index (χ3v) is 7.60. The Labute approximate surface area is 195 Å². The van der Waals surface area contributed by atoms with Crippen LogP contribution in [0.3, 0.4) is 0 Å². The summed E-state index contributed by atoms with van der Waals surface area (Å²) in [6.45, 7) is 3.23. The lowest BCUT2D eigenvalue weighted by Crippen LogP contribution is -2.44. The van der Waals surface area contributed by atoms with Gasteiger partial charge in [0.15, 0.2) is 9.84 Å². The second kappa shape index (κ2) is 10.1. The van der Waals surface area contributed by atoms with Crippen LogP contribution >= 0.6 is 0 Å². The van der Waals surface area contributed by atoms with Crippen molar-refractivity contribution in [2.24, 2.45) is 0 Å². The van der Waals surface area contributed by atoms with Crippen molar-refractivity contribution in [3.05, 3.63) is 84.4 Å². The molecule has 0 aliphatic carbocycles. The number of carbonyl (C=O) groups excluding carboxylic acids is 1. The molecule has 6 nitrogen and oxygen atoms in total. The first-order valence-electron chi connectivity index (χ1n) is 11.2. The predicted octanol–water partition coefficient (Wildman–Crippen LogP) is 4.67. The van der Waals surface area contributed by atoms with Gasteiger partial charge < -0.3 is 15.0 Å². The molecule has 1 amide bonds. The van der Waals surface area contributed by atoms with E-state index in [1.807, 2.05) is 54.6 Å². The average Bonchev–Trinajstić information content (AvgIpc) is 2.85. The molecule has 0 bridgehead atoms. The van der Waals surface area contributed by atoms with E-state index in [0.29, 0.717) is 16.2 Å². The number of anilines is 1. The van der Waals surface area contributed by atoms with Crippen LogP contribution in [0.4, 0.5) is 5.69 Å². The molecule has 7 heteroatoms. The quantitative estimate of drug-likeness (QED) is 0.550. The van der Waals surface area contributed by atoms with E-state index in [4.69, 9.17) is 4.74 Å². The van der Waals surface area contributed by atoms with Crippen LogP contribution in [0.1, 0.15) is 30.1 Å². The van der Waals surface area contributed by atoms with Crippen molar-refractivity contribution in [3.8, 4) is 11.5 Å². The van der Waals surface area contributed by atoms with E-state index in [1.54, 1.807) is 31.2 Å². The summed E-state index contributed by atoms with van der Waals surface area (Å²) in [5.74, 6) is 1.33. The van der Waals surface area contributed by atoms with Gasteiger partial charge >= 0.3 is 0 Å². The fourth-order valence-corrected chi connectivity index (χ4v) is 4.79. The number of hydrogen-bond donors (Lipinski definition) is 1. The molecule has 4 rings (SSSR count). The molecule has 0 aromatic heterocycles. The maximum atomic E-state index is 12.8. The lowest BCUT2D eigenvalue weighted by Gasteiger charge is -2.34. The largest absolute Gasteiger partial charge is 0.457 e. The van der Waals surface area contributed by atoms with Crippen molar-refractivity contribution in [2.45, 2.75) is 30.7 Å². The van der Waals surface area contributed by atoms with E-state index < -0.39 is 9.84 Å². The van der Waals surface area contributed by atoms with Gasteiger partial charge in [-0.15, -0.1) is 0 Å². The first-order chi connectivity index (χ1) is 15.9. The number of nitrogens with zero attached hydrogens (tertiary/aromatic N) is 1. The Bertz CT molecular complexity index is 1190. The molecular formula is C26H28N2O4S. The summed E-state index contributed by atoms with van der Waals surface area (Å²) in [7, 11) is -3.19. The van der Waals surface area contributed by atoms with Crippen molar-refractivity contribution < 1.29 is 17.9 Å². The zero-order valence-corrected chi connectivity index (χ0v) is 19.4. The molecule has 33 heavy (non-hydrogen) atoms. The lowest BCUT2D eigenvalue weighted by molar-refractivity contribution is 0.0931. The van der Waals surface area contributed by atoms with Crippen LogP contribution < -0.4 is 15.0 Å². The molecule has 0 unspecified atom stereocenters. The van der Waals surface area contributed by atoms with Gasteiger partial charge in [0.25, 0.3) is 5.91 Å². The number of ether oxygens (including phenoxy) is 1. The summed E-state index contributed by atoms with van der Waals surface area (Å²) in [5.41, 5.74) is 1.57. The van der Waals surface area contributed by atoms with Gasteiger partial charge in [0, 0.05) is 30.4 Å². The minimum atomic E-state index is -3.19. The number of piperidine rings is 1. The first-order valence-corrected chi connectivity index (χ1v) is 12.8. The van der Waals surface area contributed by atoms with Gasteiger partial charge in [0.1, 0.15) is 11.5 Å². The normalized spacial score (nSPS) is 14.6. The van der Waals surface area contributed by atoms with Crippen molar-refractivity contribution in [1.82, 2.24) is 5.32 Å². The highest BCUT2D eigenvalue weighted by atomic mass is 32.2. The molecule has 0 radical (unpaired) electrons. The molecule has 3 aromatic rings. The van der Waals surface area contributed by atoms with Crippen LogP contribution in [0.15, 0.2) is 83.8 Å². The van der Waals surface area contributed by atoms with E-state index in [-0.39, 0.29) is 17.7 Å². The topological polar surface area (TPSA) is 75.7 Å². The summed E-state index contributed by atoms with van der Waals surface area (Å²) in [4.78, 5) is 15.4. The Morgan fingerprint density at radius 2 is 1.61 bits per heavy atom. The Balaban J connectivity index is 1.32. The summed E-state index contributed by atoms with van der Waals surface area (Å²) in [5, 5.41) is 3.13. The minimum Gasteiger partial charge on any atom is -0.457 e. The van der Waals surface area contributed by atoms with Gasteiger partial charge in [0.2, 0.25) is 0 Å². The second-order valence-corrected chi connectivity index (χ2v) is 10.4. The van der Waals surface area contributed by atoms with Gasteiger partial charge in [0.05, 0.1) is 10.6 Å². The van der Waals surface area contributed by atoms with Crippen LogP contribution in [0.25, 0.3) is 0 Å². The highest BCUT2D eigenvalue weighted by molar-refractivity contribution is 7.91. The van der Waals surface area contributed by atoms with Gasteiger partial charge in [-0.3, -0.25) is 4.79 Å². The van der Waals surface area contributed by atoms with Crippen LogP contribution in [-0.2, 0) is 9.84 Å². The SMILES string of the molecule is CCS(=O)(=O)c1ccc(N2CCC(NC(=O)c3cccc(Oc4ccccc4)c3)CC2)cc1. The number of hydrogen-bond acceptors (Lipinski definition) is 5. The highest BCUT2D eigenvalue weighted by Gasteiger charge is 2.22. The van der Waals surface area contributed by atoms with E-state index >= 15 is 0 Å². The standard InChI is InChI=1S/C26H28N2O4S/c1-2-33(30,31)25-13-11-22(12-14-25)28-17-15-21(16-18-28)27-26(29)20-7-6-10-24(19-20)32-23-8-4-3-5-9-23/h3-14,19,21H,2,15-18H2,1H3,(H,27,29). The number of sulfone groups is 1. The molecule has 1 saturated heterocycles. The number of benzene rings is 3. The van der Waals surface area contributed by atoms with E-state index in [0.717, 1.165) is 37.4 Å². The summed E-state index contributed by atoms with van der Waals surface area (Å²) >= 11 is 0. The number of para-hydroxylation sites is 1. The number of rotatable bonds is 7. The van der Waals surface area contributed by atoms with Gasteiger partial charge in [-0.1, -0.05) is 31.2 Å². The molecule has 1 N–H and O–H groups in total. The maximum Gasteiger partial charge on any atom is 0.251 e.